The molecule has 1 saturated carbocycles. The number of aliphatic hydroxyl groups is 2. The van der Waals surface area contributed by atoms with Crippen LogP contribution in [0.1, 0.15) is 58.8 Å². The molecule has 0 aromatic carbocycles. The van der Waals surface area contributed by atoms with Gasteiger partial charge in [0.05, 0.1) is 5.60 Å². The molecule has 20 heavy (non-hydrogen) atoms. The van der Waals surface area contributed by atoms with Crippen molar-refractivity contribution in [2.24, 2.45) is 17.6 Å². The minimum Gasteiger partial charge on any atom is -0.508 e. The van der Waals surface area contributed by atoms with E-state index >= 15 is 0 Å². The van der Waals surface area contributed by atoms with E-state index in [1.54, 1.807) is 6.08 Å². The van der Waals surface area contributed by atoms with E-state index < -0.39 is 5.60 Å². The number of hydrogen-bond acceptors (Lipinski definition) is 3. The molecule has 0 bridgehead atoms. The minimum absolute atomic E-state index is 0.170. The first-order chi connectivity index (χ1) is 9.30. The first-order valence-electron chi connectivity index (χ1n) is 7.89. The topological polar surface area (TPSA) is 66.5 Å². The van der Waals surface area contributed by atoms with Crippen molar-refractivity contribution in [3.05, 3.63) is 24.0 Å². The fraction of sp³-hybridized carbons (Fsp3) is 0.765. The highest BCUT2D eigenvalue weighted by Crippen LogP contribution is 2.43. The lowest BCUT2D eigenvalue weighted by Crippen LogP contribution is -2.48. The van der Waals surface area contributed by atoms with Gasteiger partial charge in [0.1, 0.15) is 5.76 Å². The van der Waals surface area contributed by atoms with Gasteiger partial charge in [-0.05, 0) is 63.5 Å². The molecule has 3 heteroatoms. The summed E-state index contributed by atoms with van der Waals surface area (Å²) in [7, 11) is 0. The largest absolute Gasteiger partial charge is 0.508 e. The van der Waals surface area contributed by atoms with Gasteiger partial charge in [-0.25, -0.2) is 0 Å². The van der Waals surface area contributed by atoms with Crippen LogP contribution in [0.5, 0.6) is 0 Å². The Kier molecular flexibility index (Phi) is 4.60. The molecule has 1 fully saturated rings. The van der Waals surface area contributed by atoms with Crippen LogP contribution in [0.4, 0.5) is 0 Å². The summed E-state index contributed by atoms with van der Waals surface area (Å²) in [5, 5.41) is 20.6. The molecule has 2 unspecified atom stereocenters. The zero-order chi connectivity index (χ0) is 14.8. The molecule has 0 aromatic rings. The molecule has 2 aliphatic rings. The Morgan fingerprint density at radius 1 is 1.35 bits per heavy atom. The van der Waals surface area contributed by atoms with Crippen molar-refractivity contribution in [2.45, 2.75) is 69.9 Å². The standard InChI is InChI=1S/C17H29NO2/c1-16(2,18)12-15(13-6-8-14(19)9-7-13)17(20)10-4-3-5-11-17/h6,8-9,13,15,19-20H,3-5,7,10-12,18H2,1-2H3. The van der Waals surface area contributed by atoms with Crippen LogP contribution in [0.2, 0.25) is 0 Å². The molecule has 114 valence electrons. The molecule has 0 spiro atoms. The quantitative estimate of drug-likeness (QED) is 0.738. The molecule has 0 amide bonds. The van der Waals surface area contributed by atoms with Gasteiger partial charge in [0.15, 0.2) is 0 Å². The summed E-state index contributed by atoms with van der Waals surface area (Å²) >= 11 is 0. The van der Waals surface area contributed by atoms with Gasteiger partial charge in [-0.2, -0.15) is 0 Å². The second-order valence-electron chi connectivity index (χ2n) is 7.35. The first-order valence-corrected chi connectivity index (χ1v) is 7.89. The molecule has 4 N–H and O–H groups in total. The first kappa shape index (κ1) is 15.6. The predicted octanol–water partition coefficient (Wildman–Crippen LogP) is 3.44. The van der Waals surface area contributed by atoms with Gasteiger partial charge in [-0.3, -0.25) is 0 Å². The lowest BCUT2D eigenvalue weighted by Gasteiger charge is -2.45. The number of hydrogen-bond donors (Lipinski definition) is 3. The molecule has 0 radical (unpaired) electrons. The van der Waals surface area contributed by atoms with Crippen LogP contribution in [0, 0.1) is 11.8 Å². The molecule has 0 saturated heterocycles. The van der Waals surface area contributed by atoms with Crippen LogP contribution in [-0.2, 0) is 0 Å². The monoisotopic (exact) mass is 279 g/mol. The van der Waals surface area contributed by atoms with Gasteiger partial charge in [0.25, 0.3) is 0 Å². The highest BCUT2D eigenvalue weighted by atomic mass is 16.3. The van der Waals surface area contributed by atoms with Gasteiger partial charge in [-0.15, -0.1) is 0 Å². The normalized spacial score (nSPS) is 28.0. The predicted molar refractivity (Wildman–Crippen MR) is 82.4 cm³/mol. The van der Waals surface area contributed by atoms with Gasteiger partial charge in [0, 0.05) is 5.54 Å². The second kappa shape index (κ2) is 5.90. The van der Waals surface area contributed by atoms with E-state index in [2.05, 4.69) is 6.08 Å². The molecule has 2 atom stereocenters. The number of allylic oxidation sites excluding steroid dienone is 3. The zero-order valence-electron chi connectivity index (χ0n) is 12.8. The molecule has 0 aliphatic heterocycles. The van der Waals surface area contributed by atoms with E-state index in [0.29, 0.717) is 5.76 Å². The van der Waals surface area contributed by atoms with E-state index in [1.807, 2.05) is 19.9 Å². The number of nitrogens with two attached hydrogens (primary N) is 1. The van der Waals surface area contributed by atoms with E-state index in [-0.39, 0.29) is 17.4 Å². The second-order valence-corrected chi connectivity index (χ2v) is 7.35. The average Bonchev–Trinajstić information content (AvgIpc) is 2.37. The van der Waals surface area contributed by atoms with Crippen molar-refractivity contribution in [1.29, 1.82) is 0 Å². The molecule has 2 rings (SSSR count). The fourth-order valence-corrected chi connectivity index (χ4v) is 3.77. The summed E-state index contributed by atoms with van der Waals surface area (Å²) in [4.78, 5) is 0. The maximum Gasteiger partial charge on any atom is 0.111 e. The molecule has 0 heterocycles. The van der Waals surface area contributed by atoms with Crippen LogP contribution in [0.15, 0.2) is 24.0 Å². The Labute approximate surface area is 122 Å². The summed E-state index contributed by atoms with van der Waals surface area (Å²) in [6.07, 6.45) is 12.5. The Morgan fingerprint density at radius 2 is 2.00 bits per heavy atom. The Balaban J connectivity index is 2.18. The molecular formula is C17H29NO2. The third-order valence-corrected chi connectivity index (χ3v) is 4.79. The van der Waals surface area contributed by atoms with Crippen LogP contribution in [0.25, 0.3) is 0 Å². The SMILES string of the molecule is CC(C)(N)CC(C1C=CC(O)=CC1)C1(O)CCCCC1. The Morgan fingerprint density at radius 3 is 2.50 bits per heavy atom. The number of aliphatic hydroxyl groups excluding tert-OH is 1. The van der Waals surface area contributed by atoms with Crippen LogP contribution in [0.3, 0.4) is 0 Å². The number of rotatable bonds is 4. The van der Waals surface area contributed by atoms with Crippen LogP contribution < -0.4 is 5.73 Å². The van der Waals surface area contributed by atoms with Gasteiger partial charge in [-0.1, -0.05) is 25.3 Å². The van der Waals surface area contributed by atoms with Crippen molar-refractivity contribution >= 4 is 0 Å². The lowest BCUT2D eigenvalue weighted by molar-refractivity contribution is -0.0720. The van der Waals surface area contributed by atoms with Gasteiger partial charge >= 0.3 is 0 Å². The van der Waals surface area contributed by atoms with Crippen LogP contribution >= 0.6 is 0 Å². The molecule has 3 nitrogen and oxygen atoms in total. The van der Waals surface area contributed by atoms with E-state index in [4.69, 9.17) is 5.73 Å². The van der Waals surface area contributed by atoms with Crippen molar-refractivity contribution < 1.29 is 10.2 Å². The summed E-state index contributed by atoms with van der Waals surface area (Å²) in [5.74, 6) is 0.780. The van der Waals surface area contributed by atoms with Crippen molar-refractivity contribution in [2.75, 3.05) is 0 Å². The van der Waals surface area contributed by atoms with Gasteiger partial charge < -0.3 is 15.9 Å². The average molecular weight is 279 g/mol. The fourth-order valence-electron chi connectivity index (χ4n) is 3.77. The van der Waals surface area contributed by atoms with E-state index in [0.717, 1.165) is 38.5 Å². The van der Waals surface area contributed by atoms with Gasteiger partial charge in [0.2, 0.25) is 0 Å². The highest BCUT2D eigenvalue weighted by Gasteiger charge is 2.43. The molecule has 2 aliphatic carbocycles. The summed E-state index contributed by atoms with van der Waals surface area (Å²) in [6, 6.07) is 0. The highest BCUT2D eigenvalue weighted by molar-refractivity contribution is 5.19. The maximum absolute atomic E-state index is 11.1. The summed E-state index contributed by atoms with van der Waals surface area (Å²) in [5.41, 5.74) is 5.36. The Hall–Kier alpha value is -0.800. The maximum atomic E-state index is 11.1. The van der Waals surface area contributed by atoms with E-state index in [1.165, 1.54) is 6.42 Å². The zero-order valence-corrected chi connectivity index (χ0v) is 12.8. The minimum atomic E-state index is -0.593. The lowest BCUT2D eigenvalue weighted by atomic mass is 9.65. The molecular weight excluding hydrogens is 250 g/mol. The van der Waals surface area contributed by atoms with E-state index in [9.17, 15) is 10.2 Å². The molecule has 0 aromatic heterocycles. The van der Waals surface area contributed by atoms with Crippen molar-refractivity contribution in [1.82, 2.24) is 0 Å². The summed E-state index contributed by atoms with van der Waals surface area (Å²) in [6.45, 7) is 4.07. The smallest absolute Gasteiger partial charge is 0.111 e. The van der Waals surface area contributed by atoms with Crippen molar-refractivity contribution in [3.8, 4) is 0 Å². The van der Waals surface area contributed by atoms with Crippen molar-refractivity contribution in [3.63, 3.8) is 0 Å². The third kappa shape index (κ3) is 3.86. The van der Waals surface area contributed by atoms with Crippen LogP contribution in [-0.4, -0.2) is 21.4 Å². The Bertz CT molecular complexity index is 386. The third-order valence-electron chi connectivity index (χ3n) is 4.79. The summed E-state index contributed by atoms with van der Waals surface area (Å²) < 4.78 is 0.